The van der Waals surface area contributed by atoms with Gasteiger partial charge in [-0.2, -0.15) is 0 Å². The Morgan fingerprint density at radius 1 is 1.19 bits per heavy atom. The quantitative estimate of drug-likeness (QED) is 0.317. The maximum atomic E-state index is 13.8. The molecule has 2 aromatic heterocycles. The van der Waals surface area contributed by atoms with E-state index in [4.69, 9.17) is 4.98 Å². The monoisotopic (exact) mass is 451 g/mol. The first-order valence-electron chi connectivity index (χ1n) is 10.2. The number of thioether (sulfide) groups is 1. The first-order valence-corrected chi connectivity index (χ1v) is 12.0. The molecule has 0 unspecified atom stereocenters. The van der Waals surface area contributed by atoms with E-state index in [1.807, 2.05) is 31.2 Å². The van der Waals surface area contributed by atoms with Crippen LogP contribution in [0.3, 0.4) is 0 Å². The SMILES string of the molecule is Cc1cccc(-n2c(SCc3ccc(F)cc3)nc3sc4c(c3c2=O)CCN(C)C4)c1. The third-order valence-electron chi connectivity index (χ3n) is 5.58. The number of thiophene rings is 1. The Morgan fingerprint density at radius 2 is 2.00 bits per heavy atom. The molecular weight excluding hydrogens is 429 g/mol. The van der Waals surface area contributed by atoms with Gasteiger partial charge in [0.2, 0.25) is 0 Å². The Kier molecular flexibility index (Phi) is 5.42. The molecule has 2 aromatic carbocycles. The summed E-state index contributed by atoms with van der Waals surface area (Å²) in [4.78, 5) is 23.1. The standard InChI is InChI=1S/C24H22FN3OS2/c1-15-4-3-5-18(12-15)28-23(29)21-19-10-11-27(2)13-20(19)31-22(21)26-24(28)30-14-16-6-8-17(25)9-7-16/h3-9,12H,10-11,13-14H2,1-2H3. The van der Waals surface area contributed by atoms with Gasteiger partial charge in [0.25, 0.3) is 5.56 Å². The topological polar surface area (TPSA) is 38.1 Å². The van der Waals surface area contributed by atoms with Crippen molar-refractivity contribution in [1.82, 2.24) is 14.5 Å². The maximum Gasteiger partial charge on any atom is 0.267 e. The van der Waals surface area contributed by atoms with Crippen LogP contribution in [0.15, 0.2) is 58.5 Å². The molecule has 0 aliphatic carbocycles. The Hall–Kier alpha value is -2.48. The van der Waals surface area contributed by atoms with Crippen molar-refractivity contribution < 1.29 is 4.39 Å². The molecule has 3 heterocycles. The van der Waals surface area contributed by atoms with Gasteiger partial charge in [-0.25, -0.2) is 9.37 Å². The lowest BCUT2D eigenvalue weighted by atomic mass is 10.1. The van der Waals surface area contributed by atoms with Gasteiger partial charge in [0, 0.05) is 23.7 Å². The molecule has 7 heteroatoms. The van der Waals surface area contributed by atoms with E-state index in [9.17, 15) is 9.18 Å². The summed E-state index contributed by atoms with van der Waals surface area (Å²) in [6.07, 6.45) is 0.874. The van der Waals surface area contributed by atoms with Crippen molar-refractivity contribution in [2.75, 3.05) is 13.6 Å². The summed E-state index contributed by atoms with van der Waals surface area (Å²) in [5, 5.41) is 1.43. The van der Waals surface area contributed by atoms with Crippen LogP contribution in [-0.2, 0) is 18.7 Å². The van der Waals surface area contributed by atoms with E-state index in [0.29, 0.717) is 10.9 Å². The van der Waals surface area contributed by atoms with Gasteiger partial charge >= 0.3 is 0 Å². The van der Waals surface area contributed by atoms with E-state index < -0.39 is 0 Å². The smallest absolute Gasteiger partial charge is 0.267 e. The van der Waals surface area contributed by atoms with E-state index in [1.54, 1.807) is 28.0 Å². The highest BCUT2D eigenvalue weighted by molar-refractivity contribution is 7.98. The first-order chi connectivity index (χ1) is 15.0. The number of hydrogen-bond acceptors (Lipinski definition) is 5. The molecule has 4 aromatic rings. The first kappa shape index (κ1) is 20.4. The Morgan fingerprint density at radius 3 is 2.77 bits per heavy atom. The molecule has 1 aliphatic rings. The predicted molar refractivity (Wildman–Crippen MR) is 126 cm³/mol. The van der Waals surface area contributed by atoms with Crippen LogP contribution < -0.4 is 5.56 Å². The zero-order valence-corrected chi connectivity index (χ0v) is 19.0. The molecule has 5 rings (SSSR count). The van der Waals surface area contributed by atoms with Crippen LogP contribution in [-0.4, -0.2) is 28.0 Å². The molecule has 31 heavy (non-hydrogen) atoms. The molecule has 0 atom stereocenters. The van der Waals surface area contributed by atoms with Crippen LogP contribution in [0.1, 0.15) is 21.6 Å². The molecule has 4 nitrogen and oxygen atoms in total. The van der Waals surface area contributed by atoms with E-state index in [2.05, 4.69) is 11.9 Å². The molecule has 0 radical (unpaired) electrons. The minimum atomic E-state index is -0.251. The summed E-state index contributed by atoms with van der Waals surface area (Å²) < 4.78 is 15.0. The molecule has 0 N–H and O–H groups in total. The van der Waals surface area contributed by atoms with Crippen molar-refractivity contribution in [2.24, 2.45) is 0 Å². The highest BCUT2D eigenvalue weighted by atomic mass is 32.2. The number of aryl methyl sites for hydroxylation is 1. The van der Waals surface area contributed by atoms with Crippen molar-refractivity contribution in [3.63, 3.8) is 0 Å². The average molecular weight is 452 g/mol. The molecule has 1 aliphatic heterocycles. The van der Waals surface area contributed by atoms with Gasteiger partial charge in [0.1, 0.15) is 10.6 Å². The third-order valence-corrected chi connectivity index (χ3v) is 7.70. The second-order valence-electron chi connectivity index (χ2n) is 7.96. The minimum Gasteiger partial charge on any atom is -0.301 e. The van der Waals surface area contributed by atoms with Gasteiger partial charge in [-0.1, -0.05) is 36.0 Å². The Balaban J connectivity index is 1.66. The van der Waals surface area contributed by atoms with E-state index in [-0.39, 0.29) is 11.4 Å². The second kappa shape index (κ2) is 8.22. The molecule has 0 bridgehead atoms. The number of likely N-dealkylation sites (N-methyl/N-ethyl adjacent to an activating group) is 1. The number of benzene rings is 2. The zero-order valence-electron chi connectivity index (χ0n) is 17.4. The molecule has 0 saturated carbocycles. The fourth-order valence-electron chi connectivity index (χ4n) is 3.97. The van der Waals surface area contributed by atoms with Crippen molar-refractivity contribution >= 4 is 33.3 Å². The van der Waals surface area contributed by atoms with Gasteiger partial charge in [-0.3, -0.25) is 9.36 Å². The van der Waals surface area contributed by atoms with Crippen LogP contribution in [0.4, 0.5) is 4.39 Å². The number of halogens is 1. The molecule has 0 fully saturated rings. The summed E-state index contributed by atoms with van der Waals surface area (Å²) in [5.41, 5.74) is 4.07. The summed E-state index contributed by atoms with van der Waals surface area (Å²) in [7, 11) is 2.11. The van der Waals surface area contributed by atoms with Crippen LogP contribution in [0, 0.1) is 12.7 Å². The fourth-order valence-corrected chi connectivity index (χ4v) is 6.28. The van der Waals surface area contributed by atoms with Gasteiger partial charge < -0.3 is 4.90 Å². The third kappa shape index (κ3) is 3.93. The number of rotatable bonds is 4. The summed E-state index contributed by atoms with van der Waals surface area (Å²) >= 11 is 3.14. The Labute approximate surface area is 188 Å². The predicted octanol–water partition coefficient (Wildman–Crippen LogP) is 5.17. The van der Waals surface area contributed by atoms with Gasteiger partial charge in [0.15, 0.2) is 5.16 Å². The van der Waals surface area contributed by atoms with E-state index in [0.717, 1.165) is 52.1 Å². The average Bonchev–Trinajstić information content (AvgIpc) is 3.11. The lowest BCUT2D eigenvalue weighted by molar-refractivity contribution is 0.318. The van der Waals surface area contributed by atoms with Crippen LogP contribution in [0.2, 0.25) is 0 Å². The van der Waals surface area contributed by atoms with E-state index in [1.165, 1.54) is 28.8 Å². The minimum absolute atomic E-state index is 0.000686. The van der Waals surface area contributed by atoms with Crippen molar-refractivity contribution in [2.45, 2.75) is 30.8 Å². The van der Waals surface area contributed by atoms with Crippen molar-refractivity contribution in [3.8, 4) is 5.69 Å². The summed E-state index contributed by atoms with van der Waals surface area (Å²) in [5.74, 6) is 0.358. The number of fused-ring (bicyclic) bond motifs is 3. The number of hydrogen-bond donors (Lipinski definition) is 0. The van der Waals surface area contributed by atoms with Crippen LogP contribution >= 0.6 is 23.1 Å². The van der Waals surface area contributed by atoms with E-state index >= 15 is 0 Å². The molecule has 0 amide bonds. The molecule has 158 valence electrons. The lowest BCUT2D eigenvalue weighted by Gasteiger charge is -2.21. The van der Waals surface area contributed by atoms with Gasteiger partial charge in [-0.05, 0) is 61.3 Å². The number of nitrogens with zero attached hydrogens (tertiary/aromatic N) is 3. The van der Waals surface area contributed by atoms with Gasteiger partial charge in [-0.15, -0.1) is 11.3 Å². The highest BCUT2D eigenvalue weighted by Gasteiger charge is 2.24. The highest BCUT2D eigenvalue weighted by Crippen LogP contribution is 2.34. The molecule has 0 saturated heterocycles. The van der Waals surface area contributed by atoms with Crippen LogP contribution in [0.25, 0.3) is 15.9 Å². The summed E-state index contributed by atoms with van der Waals surface area (Å²) in [6, 6.07) is 14.4. The van der Waals surface area contributed by atoms with Crippen molar-refractivity contribution in [1.29, 1.82) is 0 Å². The molecule has 0 spiro atoms. The van der Waals surface area contributed by atoms with Crippen LogP contribution in [0.5, 0.6) is 0 Å². The number of aromatic nitrogens is 2. The molecular formula is C24H22FN3OS2. The lowest BCUT2D eigenvalue weighted by Crippen LogP contribution is -2.27. The summed E-state index contributed by atoms with van der Waals surface area (Å²) in [6.45, 7) is 3.83. The van der Waals surface area contributed by atoms with Crippen molar-refractivity contribution in [3.05, 3.63) is 86.3 Å². The van der Waals surface area contributed by atoms with Gasteiger partial charge in [0.05, 0.1) is 11.1 Å². The largest absolute Gasteiger partial charge is 0.301 e. The maximum absolute atomic E-state index is 13.8. The Bertz CT molecular complexity index is 1330. The normalized spacial score (nSPS) is 14.2. The second-order valence-corrected chi connectivity index (χ2v) is 9.99. The fraction of sp³-hybridized carbons (Fsp3) is 0.250. The zero-order chi connectivity index (χ0) is 21.5.